The average Bonchev–Trinajstić information content (AvgIpc) is 2.73. The first-order chi connectivity index (χ1) is 7.71. The molecule has 1 saturated carbocycles. The summed E-state index contributed by atoms with van der Waals surface area (Å²) >= 11 is 0. The summed E-state index contributed by atoms with van der Waals surface area (Å²) in [6, 6.07) is 0.313. The topological polar surface area (TPSA) is 58.4 Å². The zero-order chi connectivity index (χ0) is 12.0. The zero-order valence-corrected chi connectivity index (χ0v) is 13.0. The summed E-state index contributed by atoms with van der Waals surface area (Å²) in [6.45, 7) is 7.21. The lowest BCUT2D eigenvalue weighted by atomic mass is 10.0. The summed E-state index contributed by atoms with van der Waals surface area (Å²) in [6.07, 6.45) is 3.44. The number of hydrogen-bond acceptors (Lipinski definition) is 3. The van der Waals surface area contributed by atoms with Gasteiger partial charge in [0.15, 0.2) is 0 Å². The minimum absolute atomic E-state index is 0. The van der Waals surface area contributed by atoms with Crippen LogP contribution < -0.4 is 11.1 Å². The van der Waals surface area contributed by atoms with Crippen molar-refractivity contribution in [1.82, 2.24) is 10.2 Å². The second-order valence-corrected chi connectivity index (χ2v) is 4.56. The summed E-state index contributed by atoms with van der Waals surface area (Å²) in [5.41, 5.74) is 5.69. The number of hydrogen-bond donors (Lipinski definition) is 2. The van der Waals surface area contributed by atoms with Gasteiger partial charge in [-0.25, -0.2) is 0 Å². The largest absolute Gasteiger partial charge is 0.352 e. The van der Waals surface area contributed by atoms with E-state index in [-0.39, 0.29) is 30.7 Å². The van der Waals surface area contributed by atoms with Gasteiger partial charge >= 0.3 is 0 Å². The van der Waals surface area contributed by atoms with Gasteiger partial charge in [0.2, 0.25) is 5.91 Å². The van der Waals surface area contributed by atoms with Crippen molar-refractivity contribution in [3.8, 4) is 0 Å². The molecule has 4 nitrogen and oxygen atoms in total. The van der Waals surface area contributed by atoms with E-state index in [2.05, 4.69) is 24.1 Å². The molecule has 0 saturated heterocycles. The third kappa shape index (κ3) is 6.23. The Morgan fingerprint density at radius 2 is 1.89 bits per heavy atom. The number of nitrogens with zero attached hydrogens (tertiary/aromatic N) is 1. The summed E-state index contributed by atoms with van der Waals surface area (Å²) < 4.78 is 0. The zero-order valence-electron chi connectivity index (χ0n) is 11.4. The lowest BCUT2D eigenvalue weighted by Gasteiger charge is -2.22. The highest BCUT2D eigenvalue weighted by Crippen LogP contribution is 2.24. The molecule has 0 radical (unpaired) electrons. The molecule has 2 unspecified atom stereocenters. The van der Waals surface area contributed by atoms with E-state index in [1.807, 2.05) is 0 Å². The first-order valence-electron chi connectivity index (χ1n) is 6.43. The Morgan fingerprint density at radius 1 is 1.28 bits per heavy atom. The molecular weight excluding hydrogens is 273 g/mol. The molecule has 0 bridgehead atoms. The maximum atomic E-state index is 11.8. The van der Waals surface area contributed by atoms with Gasteiger partial charge in [0.05, 0.1) is 6.54 Å². The average molecular weight is 300 g/mol. The number of nitrogens with one attached hydrogen (secondary N) is 1. The molecule has 1 aliphatic rings. The van der Waals surface area contributed by atoms with Crippen molar-refractivity contribution in [2.45, 2.75) is 39.2 Å². The Bertz CT molecular complexity index is 225. The van der Waals surface area contributed by atoms with Crippen molar-refractivity contribution >= 4 is 30.7 Å². The van der Waals surface area contributed by atoms with Crippen LogP contribution in [0.5, 0.6) is 0 Å². The highest BCUT2D eigenvalue weighted by molar-refractivity contribution is 5.85. The molecule has 2 atom stereocenters. The third-order valence-electron chi connectivity index (χ3n) is 3.57. The molecule has 0 aromatic carbocycles. The predicted octanol–water partition coefficient (Wildman–Crippen LogP) is 1.42. The number of carbonyl (C=O) groups excluding carboxylic acids is 1. The van der Waals surface area contributed by atoms with Crippen LogP contribution in [-0.4, -0.2) is 43.0 Å². The Hall–Kier alpha value is -0.0300. The van der Waals surface area contributed by atoms with Gasteiger partial charge in [-0.15, -0.1) is 24.8 Å². The Labute approximate surface area is 123 Å². The number of nitrogens with two attached hydrogens (primary N) is 1. The van der Waals surface area contributed by atoms with Gasteiger partial charge < -0.3 is 11.1 Å². The number of carbonyl (C=O) groups is 1. The van der Waals surface area contributed by atoms with Crippen LogP contribution in [0.25, 0.3) is 0 Å². The minimum atomic E-state index is 0. The Kier molecular flexibility index (Phi) is 12.2. The summed E-state index contributed by atoms with van der Waals surface area (Å²) in [5, 5.41) is 3.12. The van der Waals surface area contributed by atoms with Gasteiger partial charge in [0.1, 0.15) is 0 Å². The predicted molar refractivity (Wildman–Crippen MR) is 80.6 cm³/mol. The molecule has 18 heavy (non-hydrogen) atoms. The van der Waals surface area contributed by atoms with Crippen LogP contribution >= 0.6 is 24.8 Å². The van der Waals surface area contributed by atoms with Gasteiger partial charge in [-0.3, -0.25) is 9.69 Å². The molecule has 0 aromatic heterocycles. The van der Waals surface area contributed by atoms with Crippen LogP contribution in [0.4, 0.5) is 0 Å². The third-order valence-corrected chi connectivity index (χ3v) is 3.57. The highest BCUT2D eigenvalue weighted by atomic mass is 35.5. The molecule has 0 spiro atoms. The lowest BCUT2D eigenvalue weighted by molar-refractivity contribution is -0.123. The standard InChI is InChI=1S/C12H25N3O.2ClH/c1-3-15(4-2)9-12(16)14-11-7-5-6-10(11)8-13;;/h10-11H,3-9,13H2,1-2H3,(H,14,16);2*1H. The molecular formula is C12H27Cl2N3O. The molecule has 1 amide bonds. The van der Waals surface area contributed by atoms with E-state index in [0.29, 0.717) is 25.0 Å². The quantitative estimate of drug-likeness (QED) is 0.780. The fourth-order valence-corrected chi connectivity index (χ4v) is 2.41. The number of amides is 1. The highest BCUT2D eigenvalue weighted by Gasteiger charge is 2.27. The van der Waals surface area contributed by atoms with Crippen LogP contribution in [0.15, 0.2) is 0 Å². The fourth-order valence-electron chi connectivity index (χ4n) is 2.41. The van der Waals surface area contributed by atoms with Crippen molar-refractivity contribution in [2.75, 3.05) is 26.2 Å². The summed E-state index contributed by atoms with van der Waals surface area (Å²) in [7, 11) is 0. The molecule has 0 heterocycles. The van der Waals surface area contributed by atoms with Crippen molar-refractivity contribution < 1.29 is 4.79 Å². The van der Waals surface area contributed by atoms with Crippen LogP contribution in [-0.2, 0) is 4.79 Å². The molecule has 110 valence electrons. The van der Waals surface area contributed by atoms with Gasteiger partial charge in [-0.2, -0.15) is 0 Å². The minimum Gasteiger partial charge on any atom is -0.352 e. The van der Waals surface area contributed by atoms with Crippen LogP contribution in [0.3, 0.4) is 0 Å². The van der Waals surface area contributed by atoms with Crippen LogP contribution in [0, 0.1) is 5.92 Å². The second-order valence-electron chi connectivity index (χ2n) is 4.56. The van der Waals surface area contributed by atoms with Crippen molar-refractivity contribution in [3.63, 3.8) is 0 Å². The van der Waals surface area contributed by atoms with E-state index < -0.39 is 0 Å². The number of halogens is 2. The van der Waals surface area contributed by atoms with E-state index in [9.17, 15) is 4.79 Å². The van der Waals surface area contributed by atoms with Crippen molar-refractivity contribution in [1.29, 1.82) is 0 Å². The number of likely N-dealkylation sites (N-methyl/N-ethyl adjacent to an activating group) is 1. The van der Waals surface area contributed by atoms with Gasteiger partial charge in [-0.05, 0) is 38.4 Å². The Balaban J connectivity index is 0. The molecule has 1 aliphatic carbocycles. The Morgan fingerprint density at radius 3 is 2.39 bits per heavy atom. The normalized spacial score (nSPS) is 22.2. The van der Waals surface area contributed by atoms with Crippen LogP contribution in [0.2, 0.25) is 0 Å². The number of rotatable bonds is 6. The molecule has 6 heteroatoms. The van der Waals surface area contributed by atoms with Crippen molar-refractivity contribution in [2.24, 2.45) is 11.7 Å². The SMILES string of the molecule is CCN(CC)CC(=O)NC1CCCC1CN.Cl.Cl. The maximum absolute atomic E-state index is 11.8. The molecule has 3 N–H and O–H groups in total. The van der Waals surface area contributed by atoms with E-state index >= 15 is 0 Å². The molecule has 1 fully saturated rings. The van der Waals surface area contributed by atoms with E-state index in [0.717, 1.165) is 25.9 Å². The van der Waals surface area contributed by atoms with E-state index in [1.165, 1.54) is 6.42 Å². The molecule has 1 rings (SSSR count). The molecule has 0 aliphatic heterocycles. The lowest BCUT2D eigenvalue weighted by Crippen LogP contribution is -2.44. The second kappa shape index (κ2) is 10.9. The first-order valence-corrected chi connectivity index (χ1v) is 6.43. The van der Waals surface area contributed by atoms with E-state index in [4.69, 9.17) is 5.73 Å². The summed E-state index contributed by atoms with van der Waals surface area (Å²) in [4.78, 5) is 13.9. The van der Waals surface area contributed by atoms with Crippen molar-refractivity contribution in [3.05, 3.63) is 0 Å². The van der Waals surface area contributed by atoms with E-state index in [1.54, 1.807) is 0 Å². The first kappa shape index (κ1) is 20.3. The van der Waals surface area contributed by atoms with Gasteiger partial charge in [-0.1, -0.05) is 20.3 Å². The van der Waals surface area contributed by atoms with Gasteiger partial charge in [0.25, 0.3) is 0 Å². The van der Waals surface area contributed by atoms with Gasteiger partial charge in [0, 0.05) is 6.04 Å². The summed E-state index contributed by atoms with van der Waals surface area (Å²) in [5.74, 6) is 0.634. The maximum Gasteiger partial charge on any atom is 0.234 e. The van der Waals surface area contributed by atoms with Crippen LogP contribution in [0.1, 0.15) is 33.1 Å². The monoisotopic (exact) mass is 299 g/mol. The fraction of sp³-hybridized carbons (Fsp3) is 0.917. The molecule has 0 aromatic rings. The smallest absolute Gasteiger partial charge is 0.234 e.